The van der Waals surface area contributed by atoms with Crippen LogP contribution in [0.5, 0.6) is 11.5 Å². The third-order valence-corrected chi connectivity index (χ3v) is 2.28. The van der Waals surface area contributed by atoms with Gasteiger partial charge in [-0.1, -0.05) is 12.1 Å². The molecule has 3 N–H and O–H groups in total. The number of hydrogen-bond acceptors (Lipinski definition) is 4. The quantitative estimate of drug-likeness (QED) is 0.749. The van der Waals surface area contributed by atoms with Crippen LogP contribution >= 0.6 is 0 Å². The first-order chi connectivity index (χ1) is 7.79. The predicted octanol–water partition coefficient (Wildman–Crippen LogP) is -0.0987. The van der Waals surface area contributed by atoms with Crippen LogP contribution in [0.15, 0.2) is 24.3 Å². The van der Waals surface area contributed by atoms with Gasteiger partial charge in [0.1, 0.15) is 12.7 Å². The lowest BCUT2D eigenvalue weighted by Crippen LogP contribution is -2.42. The van der Waals surface area contributed by atoms with E-state index in [-0.39, 0.29) is 18.6 Å². The van der Waals surface area contributed by atoms with E-state index in [0.717, 1.165) is 5.75 Å². The molecule has 2 rings (SSSR count). The molecule has 1 aromatic carbocycles. The zero-order valence-corrected chi connectivity index (χ0v) is 8.81. The van der Waals surface area contributed by atoms with Crippen LogP contribution in [0.3, 0.4) is 0 Å². The minimum absolute atomic E-state index is 0.00976. The summed E-state index contributed by atoms with van der Waals surface area (Å²) in [6, 6.07) is 7.46. The predicted molar refractivity (Wildman–Crippen MR) is 58.4 cm³/mol. The summed E-state index contributed by atoms with van der Waals surface area (Å²) in [5.74, 6) is 1.26. The first-order valence-corrected chi connectivity index (χ1v) is 5.15. The molecule has 5 nitrogen and oxygen atoms in total. The van der Waals surface area contributed by atoms with Gasteiger partial charge in [0.05, 0.1) is 13.1 Å². The fourth-order valence-corrected chi connectivity index (χ4v) is 1.46. The van der Waals surface area contributed by atoms with Crippen LogP contribution in [0.25, 0.3) is 0 Å². The number of amides is 1. The van der Waals surface area contributed by atoms with E-state index in [1.807, 2.05) is 24.3 Å². The number of fused-ring (bicyclic) bond motifs is 1. The first kappa shape index (κ1) is 10.8. The van der Waals surface area contributed by atoms with Gasteiger partial charge in [-0.15, -0.1) is 0 Å². The number of carbonyl (C=O) groups excluding carboxylic acids is 1. The van der Waals surface area contributed by atoms with Crippen molar-refractivity contribution in [1.82, 2.24) is 5.32 Å². The maximum absolute atomic E-state index is 11.0. The van der Waals surface area contributed by atoms with E-state index in [1.54, 1.807) is 0 Å². The molecule has 1 heterocycles. The van der Waals surface area contributed by atoms with Crippen molar-refractivity contribution in [3.8, 4) is 11.5 Å². The maximum atomic E-state index is 11.0. The van der Waals surface area contributed by atoms with E-state index in [9.17, 15) is 4.79 Å². The van der Waals surface area contributed by atoms with E-state index >= 15 is 0 Å². The molecule has 16 heavy (non-hydrogen) atoms. The minimum Gasteiger partial charge on any atom is -0.486 e. The lowest BCUT2D eigenvalue weighted by atomic mass is 10.2. The van der Waals surface area contributed by atoms with Crippen LogP contribution in [0.2, 0.25) is 0 Å². The van der Waals surface area contributed by atoms with Crippen molar-refractivity contribution >= 4 is 5.91 Å². The Labute approximate surface area is 93.5 Å². The number of benzene rings is 1. The van der Waals surface area contributed by atoms with Crippen molar-refractivity contribution in [2.45, 2.75) is 6.10 Å². The highest BCUT2D eigenvalue weighted by molar-refractivity contribution is 5.77. The third-order valence-electron chi connectivity index (χ3n) is 2.28. The van der Waals surface area contributed by atoms with Crippen LogP contribution in [-0.2, 0) is 4.79 Å². The highest BCUT2D eigenvalue weighted by Gasteiger charge is 2.20. The number of carbonyl (C=O) groups is 1. The molecule has 1 aromatic rings. The van der Waals surface area contributed by atoms with E-state index < -0.39 is 0 Å². The fraction of sp³-hybridized carbons (Fsp3) is 0.364. The molecule has 0 fully saturated rings. The fourth-order valence-electron chi connectivity index (χ4n) is 1.46. The van der Waals surface area contributed by atoms with Gasteiger partial charge in [-0.05, 0) is 12.1 Å². The second kappa shape index (κ2) is 4.85. The van der Waals surface area contributed by atoms with Crippen LogP contribution in [0.1, 0.15) is 0 Å². The molecule has 0 unspecified atom stereocenters. The highest BCUT2D eigenvalue weighted by atomic mass is 16.6. The second-order valence-corrected chi connectivity index (χ2v) is 3.51. The third kappa shape index (κ3) is 2.43. The molecule has 0 aromatic heterocycles. The van der Waals surface area contributed by atoms with Crippen molar-refractivity contribution in [2.24, 2.45) is 5.73 Å². The topological polar surface area (TPSA) is 73.6 Å². The summed E-state index contributed by atoms with van der Waals surface area (Å²) in [6.45, 7) is 0.830. The van der Waals surface area contributed by atoms with Crippen LogP contribution < -0.4 is 20.5 Å². The van der Waals surface area contributed by atoms with Crippen LogP contribution in [0.4, 0.5) is 0 Å². The first-order valence-electron chi connectivity index (χ1n) is 5.15. The van der Waals surface area contributed by atoms with E-state index in [4.69, 9.17) is 15.2 Å². The summed E-state index contributed by atoms with van der Waals surface area (Å²) in [6.07, 6.45) is -0.162. The summed E-state index contributed by atoms with van der Waals surface area (Å²) in [4.78, 5) is 11.0. The molecule has 86 valence electrons. The number of nitrogens with two attached hydrogens (primary N) is 1. The average molecular weight is 222 g/mol. The van der Waals surface area contributed by atoms with Crippen molar-refractivity contribution in [3.63, 3.8) is 0 Å². The van der Waals surface area contributed by atoms with Crippen LogP contribution in [0, 0.1) is 0 Å². The van der Waals surface area contributed by atoms with Gasteiger partial charge in [0.25, 0.3) is 0 Å². The standard InChI is InChI=1S/C11H14N2O3/c12-5-11(14)13-6-8-7-15-9-3-1-2-4-10(9)16-8/h1-4,8H,5-7,12H2,(H,13,14)/t8-/m0/s1. The van der Waals surface area contributed by atoms with Gasteiger partial charge in [-0.3, -0.25) is 4.79 Å². The van der Waals surface area contributed by atoms with Gasteiger partial charge in [0, 0.05) is 0 Å². The molecule has 0 saturated heterocycles. The summed E-state index contributed by atoms with van der Waals surface area (Å²) in [5, 5.41) is 2.66. The Morgan fingerprint density at radius 2 is 2.19 bits per heavy atom. The summed E-state index contributed by atoms with van der Waals surface area (Å²) < 4.78 is 11.1. The Hall–Kier alpha value is -1.75. The molecule has 1 atom stereocenters. The largest absolute Gasteiger partial charge is 0.486 e. The molecule has 5 heteroatoms. The highest BCUT2D eigenvalue weighted by Crippen LogP contribution is 2.30. The monoisotopic (exact) mass is 222 g/mol. The number of rotatable bonds is 3. The smallest absolute Gasteiger partial charge is 0.233 e. The molecular formula is C11H14N2O3. The lowest BCUT2D eigenvalue weighted by molar-refractivity contribution is -0.120. The SMILES string of the molecule is NCC(=O)NC[C@H]1COc2ccccc2O1. The maximum Gasteiger partial charge on any atom is 0.233 e. The van der Waals surface area contributed by atoms with Crippen molar-refractivity contribution < 1.29 is 14.3 Å². The molecule has 0 aliphatic carbocycles. The van der Waals surface area contributed by atoms with Crippen molar-refractivity contribution in [3.05, 3.63) is 24.3 Å². The van der Waals surface area contributed by atoms with Gasteiger partial charge in [-0.25, -0.2) is 0 Å². The molecule has 0 spiro atoms. The number of hydrogen-bond donors (Lipinski definition) is 2. The molecule has 0 radical (unpaired) electrons. The number of ether oxygens (including phenoxy) is 2. The number of para-hydroxylation sites is 2. The normalized spacial score (nSPS) is 17.9. The molecule has 0 bridgehead atoms. The van der Waals surface area contributed by atoms with Gasteiger partial charge in [0.15, 0.2) is 11.5 Å². The van der Waals surface area contributed by atoms with E-state index in [2.05, 4.69) is 5.32 Å². The molecule has 1 amide bonds. The zero-order chi connectivity index (χ0) is 11.4. The summed E-state index contributed by atoms with van der Waals surface area (Å²) in [5.41, 5.74) is 5.18. The Bertz CT molecular complexity index is 381. The Morgan fingerprint density at radius 3 is 2.94 bits per heavy atom. The second-order valence-electron chi connectivity index (χ2n) is 3.51. The lowest BCUT2D eigenvalue weighted by Gasteiger charge is -2.26. The average Bonchev–Trinajstić information content (AvgIpc) is 2.35. The summed E-state index contributed by atoms with van der Waals surface area (Å²) >= 11 is 0. The van der Waals surface area contributed by atoms with Crippen LogP contribution in [-0.4, -0.2) is 31.7 Å². The van der Waals surface area contributed by atoms with Gasteiger partial charge < -0.3 is 20.5 Å². The van der Waals surface area contributed by atoms with Gasteiger partial charge in [0.2, 0.25) is 5.91 Å². The number of nitrogens with one attached hydrogen (secondary N) is 1. The molecule has 1 aliphatic heterocycles. The van der Waals surface area contributed by atoms with Gasteiger partial charge in [-0.2, -0.15) is 0 Å². The summed E-state index contributed by atoms with van der Waals surface area (Å²) in [7, 11) is 0. The molecular weight excluding hydrogens is 208 g/mol. The Balaban J connectivity index is 1.90. The van der Waals surface area contributed by atoms with Crippen molar-refractivity contribution in [2.75, 3.05) is 19.7 Å². The van der Waals surface area contributed by atoms with Crippen molar-refractivity contribution in [1.29, 1.82) is 0 Å². The molecule has 0 saturated carbocycles. The zero-order valence-electron chi connectivity index (χ0n) is 8.81. The van der Waals surface area contributed by atoms with E-state index in [0.29, 0.717) is 18.9 Å². The minimum atomic E-state index is -0.192. The Kier molecular flexibility index (Phi) is 3.26. The Morgan fingerprint density at radius 1 is 1.44 bits per heavy atom. The van der Waals surface area contributed by atoms with E-state index in [1.165, 1.54) is 0 Å². The molecule has 1 aliphatic rings. The van der Waals surface area contributed by atoms with Gasteiger partial charge >= 0.3 is 0 Å².